The Morgan fingerprint density at radius 3 is 2.60 bits per heavy atom. The molecule has 184 valence electrons. The van der Waals surface area contributed by atoms with Gasteiger partial charge >= 0.3 is 5.97 Å². The topological polar surface area (TPSA) is 152 Å². The van der Waals surface area contributed by atoms with E-state index in [4.69, 9.17) is 16.2 Å². The number of primary amides is 1. The van der Waals surface area contributed by atoms with Crippen molar-refractivity contribution in [2.24, 2.45) is 5.73 Å². The van der Waals surface area contributed by atoms with Gasteiger partial charge in [-0.2, -0.15) is 5.26 Å². The number of aromatic nitrogens is 1. The molecule has 1 atom stereocenters. The second-order valence-corrected chi connectivity index (χ2v) is 9.64. The number of nitrogens with zero attached hydrogens (tertiary/aromatic N) is 3. The van der Waals surface area contributed by atoms with Crippen LogP contribution in [0, 0.1) is 11.3 Å². The number of nitriles is 1. The van der Waals surface area contributed by atoms with E-state index in [1.54, 1.807) is 45.0 Å². The molecule has 0 bridgehead atoms. The Labute approximate surface area is 205 Å². The molecule has 35 heavy (non-hydrogen) atoms. The van der Waals surface area contributed by atoms with Crippen molar-refractivity contribution < 1.29 is 19.1 Å². The van der Waals surface area contributed by atoms with Crippen LogP contribution in [0.4, 0.5) is 5.82 Å². The fraction of sp³-hybridized carbons (Fsp3) is 0.423. The van der Waals surface area contributed by atoms with Gasteiger partial charge in [0.1, 0.15) is 23.5 Å². The van der Waals surface area contributed by atoms with E-state index in [1.165, 1.54) is 4.90 Å². The lowest BCUT2D eigenvalue weighted by Crippen LogP contribution is -2.45. The molecule has 1 aromatic heterocycles. The van der Waals surface area contributed by atoms with E-state index in [0.29, 0.717) is 40.2 Å². The van der Waals surface area contributed by atoms with Gasteiger partial charge in [-0.15, -0.1) is 0 Å². The smallest absolute Gasteiger partial charge is 0.306 e. The van der Waals surface area contributed by atoms with Gasteiger partial charge in [-0.25, -0.2) is 4.98 Å². The fourth-order valence-corrected chi connectivity index (χ4v) is 4.26. The van der Waals surface area contributed by atoms with Crippen LogP contribution >= 0.6 is 0 Å². The summed E-state index contributed by atoms with van der Waals surface area (Å²) in [5.41, 5.74) is 14.5. The number of benzene rings is 1. The monoisotopic (exact) mass is 477 g/mol. The number of ether oxygens (including phenoxy) is 1. The summed E-state index contributed by atoms with van der Waals surface area (Å²) in [4.78, 5) is 43.2. The molecule has 4 N–H and O–H groups in total. The summed E-state index contributed by atoms with van der Waals surface area (Å²) in [6.07, 6.45) is 1.56. The molecule has 0 fully saturated rings. The zero-order chi connectivity index (χ0) is 25.9. The molecule has 0 saturated carbocycles. The summed E-state index contributed by atoms with van der Waals surface area (Å²) < 4.78 is 5.30. The summed E-state index contributed by atoms with van der Waals surface area (Å²) in [7, 11) is 0. The number of amides is 2. The van der Waals surface area contributed by atoms with Gasteiger partial charge in [0.25, 0.3) is 5.91 Å². The van der Waals surface area contributed by atoms with Crippen molar-refractivity contribution in [2.75, 3.05) is 5.73 Å². The maximum atomic E-state index is 13.1. The molecule has 2 amide bonds. The number of rotatable bonds is 8. The zero-order valence-corrected chi connectivity index (χ0v) is 20.6. The van der Waals surface area contributed by atoms with E-state index in [2.05, 4.69) is 11.1 Å². The number of carbonyl (C=O) groups excluding carboxylic acids is 3. The molecule has 0 aliphatic carbocycles. The lowest BCUT2D eigenvalue weighted by molar-refractivity contribution is -0.155. The Kier molecular flexibility index (Phi) is 7.44. The average molecular weight is 478 g/mol. The van der Waals surface area contributed by atoms with E-state index in [0.717, 1.165) is 12.0 Å². The Bertz CT molecular complexity index is 1210. The number of hydrogen-bond acceptors (Lipinski definition) is 7. The Morgan fingerprint density at radius 1 is 1.29 bits per heavy atom. The Hall–Kier alpha value is -3.93. The highest BCUT2D eigenvalue weighted by molar-refractivity contribution is 6.01. The minimum absolute atomic E-state index is 0.0464. The van der Waals surface area contributed by atoms with Gasteiger partial charge in [0.2, 0.25) is 5.91 Å². The highest BCUT2D eigenvalue weighted by Gasteiger charge is 2.36. The van der Waals surface area contributed by atoms with Crippen molar-refractivity contribution in [3.05, 3.63) is 46.5 Å². The third kappa shape index (κ3) is 5.77. The van der Waals surface area contributed by atoms with Crippen molar-refractivity contribution in [1.29, 1.82) is 5.26 Å². The SMILES string of the molecule is CCCc1cc(N)nc(-c2ccc3c(c2)CN(C(CCC(=O)OC(C)(C)C)C(N)=O)C3=O)c1C#N. The molecule has 1 aromatic carbocycles. The number of nitrogens with two attached hydrogens (primary N) is 2. The van der Waals surface area contributed by atoms with Crippen molar-refractivity contribution in [3.8, 4) is 17.3 Å². The van der Waals surface area contributed by atoms with Crippen LogP contribution in [0.25, 0.3) is 11.3 Å². The van der Waals surface area contributed by atoms with Crippen LogP contribution in [0.15, 0.2) is 24.3 Å². The quantitative estimate of drug-likeness (QED) is 0.554. The standard InChI is InChI=1S/C26H31N5O4/c1-5-6-15-12-21(28)30-23(19(15)13-27)16-7-8-18-17(11-16)14-31(25(18)34)20(24(29)33)9-10-22(32)35-26(2,3)4/h7-8,11-12,20H,5-6,9-10,14H2,1-4H3,(H2,28,30)(H2,29,33). The lowest BCUT2D eigenvalue weighted by Gasteiger charge is -2.25. The maximum Gasteiger partial charge on any atom is 0.306 e. The zero-order valence-electron chi connectivity index (χ0n) is 20.6. The molecule has 0 spiro atoms. The van der Waals surface area contributed by atoms with Crippen LogP contribution in [-0.4, -0.2) is 39.3 Å². The predicted octanol–water partition coefficient (Wildman–Crippen LogP) is 3.09. The summed E-state index contributed by atoms with van der Waals surface area (Å²) in [5.74, 6) is -1.18. The molecule has 0 saturated heterocycles. The van der Waals surface area contributed by atoms with E-state index < -0.39 is 23.5 Å². The molecule has 1 aliphatic heterocycles. The third-order valence-electron chi connectivity index (χ3n) is 5.71. The van der Waals surface area contributed by atoms with E-state index in [9.17, 15) is 19.6 Å². The highest BCUT2D eigenvalue weighted by atomic mass is 16.6. The molecule has 1 unspecified atom stereocenters. The van der Waals surface area contributed by atoms with E-state index in [1.807, 2.05) is 6.92 Å². The first-order chi connectivity index (χ1) is 16.4. The first kappa shape index (κ1) is 25.7. The molecular formula is C26H31N5O4. The van der Waals surface area contributed by atoms with Crippen molar-refractivity contribution >= 4 is 23.6 Å². The van der Waals surface area contributed by atoms with Gasteiger partial charge in [0, 0.05) is 24.1 Å². The molecule has 9 heteroatoms. The van der Waals surface area contributed by atoms with Crippen molar-refractivity contribution in [3.63, 3.8) is 0 Å². The van der Waals surface area contributed by atoms with Gasteiger partial charge in [0.15, 0.2) is 0 Å². The number of pyridine rings is 1. The minimum Gasteiger partial charge on any atom is -0.460 e. The second kappa shape index (κ2) is 10.1. The average Bonchev–Trinajstić information content (AvgIpc) is 3.08. The van der Waals surface area contributed by atoms with Gasteiger partial charge in [0.05, 0.1) is 11.3 Å². The maximum absolute atomic E-state index is 13.1. The van der Waals surface area contributed by atoms with Gasteiger partial charge < -0.3 is 21.1 Å². The molecule has 0 radical (unpaired) electrons. The summed E-state index contributed by atoms with van der Waals surface area (Å²) in [6, 6.07) is 8.16. The number of carbonyl (C=O) groups is 3. The van der Waals surface area contributed by atoms with Crippen molar-refractivity contribution in [1.82, 2.24) is 9.88 Å². The molecular weight excluding hydrogens is 446 g/mol. The van der Waals surface area contributed by atoms with Crippen LogP contribution in [0.2, 0.25) is 0 Å². The van der Waals surface area contributed by atoms with Gasteiger partial charge in [-0.05, 0) is 62.9 Å². The molecule has 9 nitrogen and oxygen atoms in total. The van der Waals surface area contributed by atoms with Crippen molar-refractivity contribution in [2.45, 2.75) is 71.6 Å². The van der Waals surface area contributed by atoms with Crippen LogP contribution in [0.3, 0.4) is 0 Å². The van der Waals surface area contributed by atoms with Crippen LogP contribution < -0.4 is 11.5 Å². The first-order valence-corrected chi connectivity index (χ1v) is 11.6. The predicted molar refractivity (Wildman–Crippen MR) is 131 cm³/mol. The minimum atomic E-state index is -0.956. The summed E-state index contributed by atoms with van der Waals surface area (Å²) >= 11 is 0. The Balaban J connectivity index is 1.88. The number of anilines is 1. The van der Waals surface area contributed by atoms with Gasteiger partial charge in [-0.1, -0.05) is 19.4 Å². The Morgan fingerprint density at radius 2 is 2.00 bits per heavy atom. The normalized spacial score (nSPS) is 13.8. The van der Waals surface area contributed by atoms with Crippen LogP contribution in [-0.2, 0) is 27.3 Å². The van der Waals surface area contributed by atoms with Crippen LogP contribution in [0.5, 0.6) is 0 Å². The lowest BCUT2D eigenvalue weighted by atomic mass is 9.96. The summed E-state index contributed by atoms with van der Waals surface area (Å²) in [6.45, 7) is 7.44. The fourth-order valence-electron chi connectivity index (χ4n) is 4.26. The molecule has 1 aliphatic rings. The van der Waals surface area contributed by atoms with E-state index >= 15 is 0 Å². The van der Waals surface area contributed by atoms with Crippen LogP contribution in [0.1, 0.15) is 74.0 Å². The summed E-state index contributed by atoms with van der Waals surface area (Å²) in [5, 5.41) is 9.78. The largest absolute Gasteiger partial charge is 0.460 e. The first-order valence-electron chi connectivity index (χ1n) is 11.6. The number of aryl methyl sites for hydroxylation is 1. The molecule has 2 heterocycles. The number of esters is 1. The number of fused-ring (bicyclic) bond motifs is 1. The third-order valence-corrected chi connectivity index (χ3v) is 5.71. The second-order valence-electron chi connectivity index (χ2n) is 9.64. The highest BCUT2D eigenvalue weighted by Crippen LogP contribution is 2.32. The van der Waals surface area contributed by atoms with Gasteiger partial charge in [-0.3, -0.25) is 14.4 Å². The number of nitrogen functional groups attached to an aromatic ring is 1. The van der Waals surface area contributed by atoms with E-state index in [-0.39, 0.29) is 25.3 Å². The molecule has 3 rings (SSSR count). The molecule has 2 aromatic rings. The number of hydrogen-bond donors (Lipinski definition) is 2.